The van der Waals surface area contributed by atoms with Gasteiger partial charge in [0.05, 0.1) is 21.3 Å². The molecule has 2 aromatic carbocycles. The molecule has 29 heavy (non-hydrogen) atoms. The van der Waals surface area contributed by atoms with Gasteiger partial charge in [0, 0.05) is 35.2 Å². The summed E-state index contributed by atoms with van der Waals surface area (Å²) in [7, 11) is 4.62. The molecule has 0 saturated carbocycles. The molecule has 0 unspecified atom stereocenters. The monoisotopic (exact) mass is 396 g/mol. The standard InChI is InChI=1S/C22H20O7/c1-25-16-5-6-19-15(10-22(24)29-20(19)12-16)13-28-21(23)7-4-14-8-17(26-2)11-18(9-14)27-3/h4-12H,13H2,1-3H3/b7-4+. The maximum absolute atomic E-state index is 12.1. The van der Waals surface area contributed by atoms with E-state index in [2.05, 4.69) is 0 Å². The maximum atomic E-state index is 12.1. The molecule has 3 aromatic rings. The lowest BCUT2D eigenvalue weighted by Crippen LogP contribution is -2.05. The summed E-state index contributed by atoms with van der Waals surface area (Å²) in [6.07, 6.45) is 2.89. The average molecular weight is 396 g/mol. The number of esters is 1. The zero-order chi connectivity index (χ0) is 20.8. The van der Waals surface area contributed by atoms with Crippen LogP contribution in [0.1, 0.15) is 11.1 Å². The van der Waals surface area contributed by atoms with Crippen molar-refractivity contribution in [2.24, 2.45) is 0 Å². The molecule has 1 aromatic heterocycles. The van der Waals surface area contributed by atoms with E-state index in [4.69, 9.17) is 23.4 Å². The number of hydrogen-bond donors (Lipinski definition) is 0. The Labute approximate surface area is 167 Å². The molecule has 0 fully saturated rings. The summed E-state index contributed by atoms with van der Waals surface area (Å²) in [5.74, 6) is 1.22. The van der Waals surface area contributed by atoms with Crippen molar-refractivity contribution in [3.8, 4) is 17.2 Å². The first-order valence-electron chi connectivity index (χ1n) is 8.71. The summed E-state index contributed by atoms with van der Waals surface area (Å²) >= 11 is 0. The molecule has 0 N–H and O–H groups in total. The number of fused-ring (bicyclic) bond motifs is 1. The van der Waals surface area contributed by atoms with Crippen molar-refractivity contribution in [2.75, 3.05) is 21.3 Å². The molecule has 1 heterocycles. The van der Waals surface area contributed by atoms with E-state index in [1.165, 1.54) is 19.3 Å². The largest absolute Gasteiger partial charge is 0.497 e. The van der Waals surface area contributed by atoms with Crippen LogP contribution in [-0.4, -0.2) is 27.3 Å². The molecule has 0 aliphatic carbocycles. The Kier molecular flexibility index (Phi) is 6.19. The van der Waals surface area contributed by atoms with E-state index in [0.717, 1.165) is 5.56 Å². The zero-order valence-electron chi connectivity index (χ0n) is 16.3. The van der Waals surface area contributed by atoms with Gasteiger partial charge in [-0.2, -0.15) is 0 Å². The van der Waals surface area contributed by atoms with Crippen molar-refractivity contribution in [1.29, 1.82) is 0 Å². The van der Waals surface area contributed by atoms with Crippen molar-refractivity contribution in [3.05, 3.63) is 70.1 Å². The van der Waals surface area contributed by atoms with Crippen LogP contribution in [0.4, 0.5) is 0 Å². The van der Waals surface area contributed by atoms with Crippen LogP contribution in [-0.2, 0) is 16.1 Å². The van der Waals surface area contributed by atoms with Crippen LogP contribution in [0.3, 0.4) is 0 Å². The topological polar surface area (TPSA) is 84.2 Å². The van der Waals surface area contributed by atoms with Gasteiger partial charge < -0.3 is 23.4 Å². The minimum atomic E-state index is -0.554. The van der Waals surface area contributed by atoms with Gasteiger partial charge in [-0.05, 0) is 35.9 Å². The molecule has 0 spiro atoms. The molecule has 7 heteroatoms. The van der Waals surface area contributed by atoms with E-state index in [1.807, 2.05) is 0 Å². The molecule has 0 radical (unpaired) electrons. The molecule has 0 aliphatic heterocycles. The fourth-order valence-electron chi connectivity index (χ4n) is 2.74. The van der Waals surface area contributed by atoms with Crippen molar-refractivity contribution in [2.45, 2.75) is 6.61 Å². The molecule has 150 valence electrons. The van der Waals surface area contributed by atoms with Crippen LogP contribution in [0, 0.1) is 0 Å². The SMILES string of the molecule is COc1cc(/C=C/C(=O)OCc2cc(=O)oc3cc(OC)ccc23)cc(OC)c1. The van der Waals surface area contributed by atoms with Gasteiger partial charge in [0.15, 0.2) is 0 Å². The lowest BCUT2D eigenvalue weighted by atomic mass is 10.1. The summed E-state index contributed by atoms with van der Waals surface area (Å²) in [6, 6.07) is 11.7. The van der Waals surface area contributed by atoms with Gasteiger partial charge in [0.2, 0.25) is 0 Å². The first-order valence-corrected chi connectivity index (χ1v) is 8.71. The smallest absolute Gasteiger partial charge is 0.336 e. The van der Waals surface area contributed by atoms with Crippen LogP contribution in [0.5, 0.6) is 17.2 Å². The van der Waals surface area contributed by atoms with Gasteiger partial charge in [0.1, 0.15) is 29.4 Å². The van der Waals surface area contributed by atoms with E-state index in [1.54, 1.807) is 56.7 Å². The number of rotatable bonds is 7. The molecule has 0 saturated heterocycles. The van der Waals surface area contributed by atoms with E-state index in [0.29, 0.717) is 33.8 Å². The van der Waals surface area contributed by atoms with E-state index >= 15 is 0 Å². The number of hydrogen-bond acceptors (Lipinski definition) is 7. The van der Waals surface area contributed by atoms with Crippen molar-refractivity contribution in [1.82, 2.24) is 0 Å². The summed E-state index contributed by atoms with van der Waals surface area (Å²) in [5.41, 5.74) is 1.09. The molecule has 3 rings (SSSR count). The Bertz CT molecular complexity index is 1090. The van der Waals surface area contributed by atoms with Crippen LogP contribution in [0.2, 0.25) is 0 Å². The third-order valence-corrected chi connectivity index (χ3v) is 4.19. The quantitative estimate of drug-likeness (QED) is 0.343. The zero-order valence-corrected chi connectivity index (χ0v) is 16.3. The first-order chi connectivity index (χ1) is 14.0. The predicted molar refractivity (Wildman–Crippen MR) is 107 cm³/mol. The van der Waals surface area contributed by atoms with Crippen molar-refractivity contribution in [3.63, 3.8) is 0 Å². The molecule has 7 nitrogen and oxygen atoms in total. The van der Waals surface area contributed by atoms with Crippen LogP contribution in [0.25, 0.3) is 17.0 Å². The highest BCUT2D eigenvalue weighted by Gasteiger charge is 2.09. The summed E-state index contributed by atoms with van der Waals surface area (Å²) in [5, 5.41) is 0.666. The Hall–Kier alpha value is -3.74. The lowest BCUT2D eigenvalue weighted by molar-refractivity contribution is -0.138. The molecule has 0 atom stereocenters. The van der Waals surface area contributed by atoms with Crippen molar-refractivity contribution < 1.29 is 28.2 Å². The van der Waals surface area contributed by atoms with Crippen LogP contribution < -0.4 is 19.8 Å². The van der Waals surface area contributed by atoms with E-state index in [-0.39, 0.29) is 6.61 Å². The Morgan fingerprint density at radius 2 is 1.62 bits per heavy atom. The summed E-state index contributed by atoms with van der Waals surface area (Å²) < 4.78 is 26.0. The third-order valence-electron chi connectivity index (χ3n) is 4.19. The van der Waals surface area contributed by atoms with E-state index < -0.39 is 11.6 Å². The second-order valence-electron chi connectivity index (χ2n) is 6.04. The predicted octanol–water partition coefficient (Wildman–Crippen LogP) is 3.58. The summed E-state index contributed by atoms with van der Waals surface area (Å²) in [6.45, 7) is -0.0704. The Morgan fingerprint density at radius 1 is 0.931 bits per heavy atom. The maximum Gasteiger partial charge on any atom is 0.336 e. The van der Waals surface area contributed by atoms with Gasteiger partial charge >= 0.3 is 11.6 Å². The molecular weight excluding hydrogens is 376 g/mol. The normalized spacial score (nSPS) is 10.9. The van der Waals surface area contributed by atoms with Gasteiger partial charge in [0.25, 0.3) is 0 Å². The first kappa shape index (κ1) is 20.0. The fraction of sp³-hybridized carbons (Fsp3) is 0.182. The van der Waals surface area contributed by atoms with Crippen LogP contribution in [0.15, 0.2) is 57.8 Å². The van der Waals surface area contributed by atoms with Gasteiger partial charge in [-0.15, -0.1) is 0 Å². The third kappa shape index (κ3) is 4.95. The highest BCUT2D eigenvalue weighted by Crippen LogP contribution is 2.24. The minimum absolute atomic E-state index is 0.0704. The number of carbonyl (C=O) groups excluding carboxylic acids is 1. The summed E-state index contributed by atoms with van der Waals surface area (Å²) in [4.78, 5) is 23.9. The minimum Gasteiger partial charge on any atom is -0.497 e. The Morgan fingerprint density at radius 3 is 2.28 bits per heavy atom. The number of ether oxygens (including phenoxy) is 4. The second kappa shape index (κ2) is 8.97. The number of benzene rings is 2. The Balaban J connectivity index is 1.74. The van der Waals surface area contributed by atoms with Gasteiger partial charge in [-0.25, -0.2) is 9.59 Å². The fourth-order valence-corrected chi connectivity index (χ4v) is 2.74. The lowest BCUT2D eigenvalue weighted by Gasteiger charge is -2.07. The molecule has 0 amide bonds. The molecular formula is C22H20O7. The molecule has 0 bridgehead atoms. The highest BCUT2D eigenvalue weighted by molar-refractivity contribution is 5.87. The van der Waals surface area contributed by atoms with Crippen LogP contribution >= 0.6 is 0 Å². The van der Waals surface area contributed by atoms with Gasteiger partial charge in [-0.1, -0.05) is 0 Å². The highest BCUT2D eigenvalue weighted by atomic mass is 16.5. The number of methoxy groups -OCH3 is 3. The molecule has 0 aliphatic rings. The number of carbonyl (C=O) groups is 1. The second-order valence-corrected chi connectivity index (χ2v) is 6.04. The van der Waals surface area contributed by atoms with Crippen molar-refractivity contribution >= 4 is 23.0 Å². The average Bonchev–Trinajstić information content (AvgIpc) is 2.74. The van der Waals surface area contributed by atoms with Gasteiger partial charge in [-0.3, -0.25) is 0 Å². The van der Waals surface area contributed by atoms with E-state index in [9.17, 15) is 9.59 Å².